The molecule has 0 fully saturated rings. The van der Waals surface area contributed by atoms with Crippen LogP contribution >= 0.6 is 35.0 Å². The molecule has 0 saturated heterocycles. The molecule has 150 valence electrons. The van der Waals surface area contributed by atoms with Crippen LogP contribution < -0.4 is 5.43 Å². The lowest BCUT2D eigenvalue weighted by Gasteiger charge is -2.12. The Morgan fingerprint density at radius 3 is 2.59 bits per heavy atom. The van der Waals surface area contributed by atoms with Crippen molar-refractivity contribution in [2.45, 2.75) is 30.9 Å². The Balaban J connectivity index is 1.71. The summed E-state index contributed by atoms with van der Waals surface area (Å²) < 4.78 is 2.02. The average Bonchev–Trinajstić information content (AvgIpc) is 2.98. The molecule has 1 atom stereocenters. The largest absolute Gasteiger partial charge is 0.316 e. The number of hydrogen-bond acceptors (Lipinski definition) is 3. The summed E-state index contributed by atoms with van der Waals surface area (Å²) >= 11 is 14.0. The molecule has 3 aromatic rings. The molecule has 0 bridgehead atoms. The number of thioether (sulfide) groups is 1. The van der Waals surface area contributed by atoms with Crippen molar-refractivity contribution >= 4 is 47.1 Å². The van der Waals surface area contributed by atoms with Crippen LogP contribution in [0.1, 0.15) is 23.9 Å². The van der Waals surface area contributed by atoms with E-state index in [1.165, 1.54) is 11.8 Å². The Morgan fingerprint density at radius 2 is 1.86 bits per heavy atom. The number of carbonyl (C=O) groups excluding carboxylic acids is 1. The van der Waals surface area contributed by atoms with Crippen molar-refractivity contribution in [1.82, 2.24) is 9.99 Å². The SMILES string of the molecule is Cc1cc(/C=N/NC(=O)C(C)Sc2ccccc2)c(C)n1-c1cccc(Cl)c1Cl. The molecule has 0 spiro atoms. The molecule has 0 radical (unpaired) electrons. The Labute approximate surface area is 184 Å². The van der Waals surface area contributed by atoms with Gasteiger partial charge in [0.2, 0.25) is 0 Å². The van der Waals surface area contributed by atoms with Gasteiger partial charge in [0, 0.05) is 21.8 Å². The van der Waals surface area contributed by atoms with Gasteiger partial charge in [-0.05, 0) is 51.1 Å². The minimum Gasteiger partial charge on any atom is -0.316 e. The van der Waals surface area contributed by atoms with Crippen molar-refractivity contribution in [3.8, 4) is 5.69 Å². The van der Waals surface area contributed by atoms with E-state index in [4.69, 9.17) is 23.2 Å². The highest BCUT2D eigenvalue weighted by Gasteiger charge is 2.15. The zero-order chi connectivity index (χ0) is 21.0. The molecule has 4 nitrogen and oxygen atoms in total. The van der Waals surface area contributed by atoms with Crippen LogP contribution in [0.15, 0.2) is 64.6 Å². The number of amides is 1. The van der Waals surface area contributed by atoms with Crippen LogP contribution in [0.2, 0.25) is 10.0 Å². The Hall–Kier alpha value is -2.21. The van der Waals surface area contributed by atoms with Gasteiger partial charge >= 0.3 is 0 Å². The minimum atomic E-state index is -0.257. The monoisotopic (exact) mass is 445 g/mol. The minimum absolute atomic E-state index is 0.151. The zero-order valence-electron chi connectivity index (χ0n) is 16.3. The molecule has 0 saturated carbocycles. The first-order valence-electron chi connectivity index (χ1n) is 9.06. The predicted octanol–water partition coefficient (Wildman–Crippen LogP) is 6.03. The van der Waals surface area contributed by atoms with E-state index in [-0.39, 0.29) is 11.2 Å². The number of nitrogens with zero attached hydrogens (tertiary/aromatic N) is 2. The van der Waals surface area contributed by atoms with Crippen molar-refractivity contribution in [2.24, 2.45) is 5.10 Å². The van der Waals surface area contributed by atoms with Gasteiger partial charge in [-0.3, -0.25) is 4.79 Å². The van der Waals surface area contributed by atoms with Crippen LogP contribution in [0.5, 0.6) is 0 Å². The summed E-state index contributed by atoms with van der Waals surface area (Å²) in [5, 5.41) is 4.89. The van der Waals surface area contributed by atoms with E-state index in [1.807, 2.05) is 73.9 Å². The fourth-order valence-corrected chi connectivity index (χ4v) is 4.23. The smallest absolute Gasteiger partial charge is 0.253 e. The third kappa shape index (κ3) is 5.04. The molecule has 2 aromatic carbocycles. The van der Waals surface area contributed by atoms with E-state index in [0.717, 1.165) is 27.5 Å². The summed E-state index contributed by atoms with van der Waals surface area (Å²) in [6.07, 6.45) is 1.65. The lowest BCUT2D eigenvalue weighted by atomic mass is 10.2. The molecule has 29 heavy (non-hydrogen) atoms. The normalized spacial score (nSPS) is 12.3. The van der Waals surface area contributed by atoms with Gasteiger partial charge in [-0.2, -0.15) is 5.10 Å². The van der Waals surface area contributed by atoms with E-state index < -0.39 is 0 Å². The molecule has 3 rings (SSSR count). The van der Waals surface area contributed by atoms with Gasteiger partial charge in [-0.1, -0.05) is 47.5 Å². The van der Waals surface area contributed by atoms with E-state index >= 15 is 0 Å². The second-order valence-corrected chi connectivity index (χ2v) is 8.74. The number of nitrogens with one attached hydrogen (secondary N) is 1. The van der Waals surface area contributed by atoms with E-state index in [2.05, 4.69) is 10.5 Å². The quantitative estimate of drug-likeness (QED) is 0.285. The maximum atomic E-state index is 12.3. The van der Waals surface area contributed by atoms with E-state index in [9.17, 15) is 4.79 Å². The average molecular weight is 446 g/mol. The molecule has 1 unspecified atom stereocenters. The number of aryl methyl sites for hydroxylation is 1. The number of aromatic nitrogens is 1. The van der Waals surface area contributed by atoms with Crippen LogP contribution in [0.25, 0.3) is 5.69 Å². The number of hydrogen-bond donors (Lipinski definition) is 1. The molecule has 1 amide bonds. The summed E-state index contributed by atoms with van der Waals surface area (Å²) in [5.74, 6) is -0.151. The summed E-state index contributed by atoms with van der Waals surface area (Å²) in [7, 11) is 0. The van der Waals surface area contributed by atoms with Gasteiger partial charge in [-0.15, -0.1) is 11.8 Å². The highest BCUT2D eigenvalue weighted by Crippen LogP contribution is 2.31. The molecule has 0 aliphatic heterocycles. The van der Waals surface area contributed by atoms with Crippen molar-refractivity contribution in [3.05, 3.63) is 81.6 Å². The van der Waals surface area contributed by atoms with Crippen molar-refractivity contribution in [1.29, 1.82) is 0 Å². The van der Waals surface area contributed by atoms with Crippen molar-refractivity contribution < 1.29 is 4.79 Å². The van der Waals surface area contributed by atoms with Crippen LogP contribution in [0.3, 0.4) is 0 Å². The van der Waals surface area contributed by atoms with Crippen molar-refractivity contribution in [2.75, 3.05) is 0 Å². The Bertz CT molecular complexity index is 1050. The van der Waals surface area contributed by atoms with Crippen molar-refractivity contribution in [3.63, 3.8) is 0 Å². The highest BCUT2D eigenvalue weighted by atomic mass is 35.5. The van der Waals surface area contributed by atoms with Gasteiger partial charge in [0.1, 0.15) is 0 Å². The van der Waals surface area contributed by atoms with Crippen LogP contribution in [-0.2, 0) is 4.79 Å². The third-order valence-electron chi connectivity index (χ3n) is 4.45. The van der Waals surface area contributed by atoms with Gasteiger partial charge in [0.05, 0.1) is 27.2 Å². The lowest BCUT2D eigenvalue weighted by molar-refractivity contribution is -0.120. The molecule has 7 heteroatoms. The first-order valence-corrected chi connectivity index (χ1v) is 10.7. The van der Waals surface area contributed by atoms with Crippen LogP contribution in [0, 0.1) is 13.8 Å². The first kappa shape index (κ1) is 21.5. The highest BCUT2D eigenvalue weighted by molar-refractivity contribution is 8.00. The number of benzene rings is 2. The van der Waals surface area contributed by atoms with E-state index in [0.29, 0.717) is 10.0 Å². The summed E-state index contributed by atoms with van der Waals surface area (Å²) in [4.78, 5) is 13.4. The molecule has 0 aliphatic rings. The van der Waals surface area contributed by atoms with Gasteiger partial charge in [0.25, 0.3) is 5.91 Å². The fourth-order valence-electron chi connectivity index (χ4n) is 2.97. The number of hydrazone groups is 1. The second kappa shape index (κ2) is 9.53. The number of halogens is 2. The molecular formula is C22H21Cl2N3OS. The third-order valence-corrected chi connectivity index (χ3v) is 6.37. The summed E-state index contributed by atoms with van der Waals surface area (Å²) in [6, 6.07) is 17.3. The molecule has 0 aliphatic carbocycles. The van der Waals surface area contributed by atoms with Gasteiger partial charge < -0.3 is 4.57 Å². The topological polar surface area (TPSA) is 46.4 Å². The number of rotatable bonds is 6. The predicted molar refractivity (Wildman–Crippen MR) is 123 cm³/mol. The molecule has 1 aromatic heterocycles. The molecular weight excluding hydrogens is 425 g/mol. The second-order valence-electron chi connectivity index (χ2n) is 6.54. The maximum Gasteiger partial charge on any atom is 0.253 e. The first-order chi connectivity index (χ1) is 13.9. The zero-order valence-corrected chi connectivity index (χ0v) is 18.6. The Kier molecular flexibility index (Phi) is 7.06. The molecule has 1 heterocycles. The van der Waals surface area contributed by atoms with Crippen LogP contribution in [-0.4, -0.2) is 21.9 Å². The standard InChI is InChI=1S/C22H21Cl2N3OS/c1-14-12-17(15(2)27(14)20-11-7-10-19(23)21(20)24)13-25-26-22(28)16(3)29-18-8-5-4-6-9-18/h4-13,16H,1-3H3,(H,26,28)/b25-13+. The number of carbonyl (C=O) groups is 1. The summed E-state index contributed by atoms with van der Waals surface area (Å²) in [6.45, 7) is 5.82. The summed E-state index contributed by atoms with van der Waals surface area (Å²) in [5.41, 5.74) is 6.27. The van der Waals surface area contributed by atoms with E-state index in [1.54, 1.807) is 12.3 Å². The van der Waals surface area contributed by atoms with Crippen LogP contribution in [0.4, 0.5) is 0 Å². The van der Waals surface area contributed by atoms with Gasteiger partial charge in [0.15, 0.2) is 0 Å². The fraction of sp³-hybridized carbons (Fsp3) is 0.182. The van der Waals surface area contributed by atoms with Gasteiger partial charge in [-0.25, -0.2) is 5.43 Å². The maximum absolute atomic E-state index is 12.3. The lowest BCUT2D eigenvalue weighted by Crippen LogP contribution is -2.26. The Morgan fingerprint density at radius 1 is 1.14 bits per heavy atom. The molecule has 1 N–H and O–H groups in total.